The molecule has 0 spiro atoms. The maximum absolute atomic E-state index is 12.1. The lowest BCUT2D eigenvalue weighted by molar-refractivity contribution is 0.0773. The summed E-state index contributed by atoms with van der Waals surface area (Å²) in [6, 6.07) is 4.93. The van der Waals surface area contributed by atoms with Crippen LogP contribution in [0.15, 0.2) is 38.3 Å². The first-order valence-electron chi connectivity index (χ1n) is 5.66. The molecule has 2 rings (SSSR count). The number of aromatic amines is 1. The van der Waals surface area contributed by atoms with Gasteiger partial charge in [-0.1, -0.05) is 0 Å². The number of hydrogen-bond acceptors (Lipinski definition) is 3. The lowest BCUT2D eigenvalue weighted by Gasteiger charge is -2.15. The zero-order valence-electron chi connectivity index (χ0n) is 10.6. The number of furan rings is 1. The first-order valence-corrected chi connectivity index (χ1v) is 6.45. The van der Waals surface area contributed by atoms with E-state index >= 15 is 0 Å². The standard InChI is InChI=1S/C13H13BrN2O3/c1-8-5-11(17)10(6-15-8)13(18)16(2)7-9-3-4-12(14)19-9/h3-6H,7H2,1-2H3,(H,15,17). The number of hydrogen-bond donors (Lipinski definition) is 1. The van der Waals surface area contributed by atoms with Crippen LogP contribution in [0, 0.1) is 6.92 Å². The average molecular weight is 325 g/mol. The maximum Gasteiger partial charge on any atom is 0.259 e. The molecule has 0 unspecified atom stereocenters. The first-order chi connectivity index (χ1) is 8.97. The lowest BCUT2D eigenvalue weighted by atomic mass is 10.2. The zero-order chi connectivity index (χ0) is 14.0. The Labute approximate surface area is 118 Å². The van der Waals surface area contributed by atoms with Gasteiger partial charge in [0.15, 0.2) is 10.1 Å². The summed E-state index contributed by atoms with van der Waals surface area (Å²) in [5.41, 5.74) is 0.562. The second-order valence-corrected chi connectivity index (χ2v) is 5.04. The van der Waals surface area contributed by atoms with Gasteiger partial charge in [-0.2, -0.15) is 0 Å². The van der Waals surface area contributed by atoms with Crippen LogP contribution in [0.2, 0.25) is 0 Å². The SMILES string of the molecule is Cc1cc(=O)c(C(=O)N(C)Cc2ccc(Br)o2)c[nH]1. The van der Waals surface area contributed by atoms with Crippen molar-refractivity contribution in [1.82, 2.24) is 9.88 Å². The Morgan fingerprint density at radius 1 is 1.47 bits per heavy atom. The van der Waals surface area contributed by atoms with E-state index in [1.807, 2.05) is 0 Å². The van der Waals surface area contributed by atoms with Gasteiger partial charge in [0.2, 0.25) is 0 Å². The smallest absolute Gasteiger partial charge is 0.259 e. The van der Waals surface area contributed by atoms with Crippen LogP contribution in [0.5, 0.6) is 0 Å². The molecule has 2 aromatic heterocycles. The fourth-order valence-corrected chi connectivity index (χ4v) is 2.03. The zero-order valence-corrected chi connectivity index (χ0v) is 12.2. The van der Waals surface area contributed by atoms with Gasteiger partial charge in [-0.05, 0) is 35.0 Å². The van der Waals surface area contributed by atoms with E-state index in [9.17, 15) is 9.59 Å². The van der Waals surface area contributed by atoms with Crippen molar-refractivity contribution in [3.63, 3.8) is 0 Å². The van der Waals surface area contributed by atoms with Crippen molar-refractivity contribution in [2.45, 2.75) is 13.5 Å². The Balaban J connectivity index is 2.17. The van der Waals surface area contributed by atoms with Gasteiger partial charge in [-0.25, -0.2) is 0 Å². The molecule has 1 N–H and O–H groups in total. The summed E-state index contributed by atoms with van der Waals surface area (Å²) in [6.45, 7) is 2.07. The molecule has 0 saturated carbocycles. The molecule has 0 aliphatic rings. The summed E-state index contributed by atoms with van der Waals surface area (Å²) in [4.78, 5) is 28.2. The minimum Gasteiger partial charge on any atom is -0.452 e. The van der Waals surface area contributed by atoms with Gasteiger partial charge in [0.05, 0.1) is 6.54 Å². The number of amides is 1. The molecule has 0 saturated heterocycles. The fraction of sp³-hybridized carbons (Fsp3) is 0.231. The Morgan fingerprint density at radius 3 is 2.79 bits per heavy atom. The Hall–Kier alpha value is -1.82. The molecular formula is C13H13BrN2O3. The maximum atomic E-state index is 12.1. The van der Waals surface area contributed by atoms with Crippen LogP contribution in [-0.2, 0) is 6.54 Å². The van der Waals surface area contributed by atoms with Crippen molar-refractivity contribution in [3.05, 3.63) is 56.3 Å². The molecule has 0 atom stereocenters. The van der Waals surface area contributed by atoms with Crippen molar-refractivity contribution >= 4 is 21.8 Å². The minimum absolute atomic E-state index is 0.124. The number of aromatic nitrogens is 1. The summed E-state index contributed by atoms with van der Waals surface area (Å²) in [6.07, 6.45) is 1.44. The molecule has 6 heteroatoms. The van der Waals surface area contributed by atoms with E-state index in [2.05, 4.69) is 20.9 Å². The molecule has 0 radical (unpaired) electrons. The lowest BCUT2D eigenvalue weighted by Crippen LogP contribution is -2.30. The molecule has 0 aromatic carbocycles. The number of carbonyl (C=O) groups is 1. The van der Waals surface area contributed by atoms with Crippen molar-refractivity contribution in [1.29, 1.82) is 0 Å². The van der Waals surface area contributed by atoms with Gasteiger partial charge in [0.25, 0.3) is 5.91 Å². The van der Waals surface area contributed by atoms with E-state index in [0.717, 1.165) is 5.69 Å². The third-order valence-corrected chi connectivity index (χ3v) is 3.08. The summed E-state index contributed by atoms with van der Waals surface area (Å²) < 4.78 is 5.93. The van der Waals surface area contributed by atoms with Crippen LogP contribution >= 0.6 is 15.9 Å². The molecule has 19 heavy (non-hydrogen) atoms. The third-order valence-electron chi connectivity index (χ3n) is 2.66. The van der Waals surface area contributed by atoms with Gasteiger partial charge >= 0.3 is 0 Å². The highest BCUT2D eigenvalue weighted by molar-refractivity contribution is 9.10. The topological polar surface area (TPSA) is 66.3 Å². The highest BCUT2D eigenvalue weighted by Gasteiger charge is 2.16. The predicted molar refractivity (Wildman–Crippen MR) is 74.0 cm³/mol. The van der Waals surface area contributed by atoms with Crippen molar-refractivity contribution < 1.29 is 9.21 Å². The van der Waals surface area contributed by atoms with Gasteiger partial charge in [0, 0.05) is 25.0 Å². The van der Waals surface area contributed by atoms with Gasteiger partial charge < -0.3 is 14.3 Å². The molecular weight excluding hydrogens is 312 g/mol. The molecule has 2 heterocycles. The van der Waals surface area contributed by atoms with E-state index in [4.69, 9.17) is 4.42 Å². The first kappa shape index (κ1) is 13.6. The summed E-state index contributed by atoms with van der Waals surface area (Å²) in [5, 5.41) is 0. The molecule has 0 aliphatic carbocycles. The predicted octanol–water partition coefficient (Wildman–Crippen LogP) is 2.31. The van der Waals surface area contributed by atoms with Gasteiger partial charge in [-0.3, -0.25) is 9.59 Å². The van der Waals surface area contributed by atoms with Crippen molar-refractivity contribution in [3.8, 4) is 0 Å². The largest absolute Gasteiger partial charge is 0.452 e. The van der Waals surface area contributed by atoms with E-state index in [1.165, 1.54) is 17.2 Å². The number of carbonyl (C=O) groups excluding carboxylic acids is 1. The van der Waals surface area contributed by atoms with Crippen molar-refractivity contribution in [2.75, 3.05) is 7.05 Å². The van der Waals surface area contributed by atoms with E-state index in [1.54, 1.807) is 26.1 Å². The average Bonchev–Trinajstić information content (AvgIpc) is 2.74. The number of aryl methyl sites for hydroxylation is 1. The number of nitrogens with one attached hydrogen (secondary N) is 1. The number of nitrogens with zero attached hydrogens (tertiary/aromatic N) is 1. The van der Waals surface area contributed by atoms with E-state index < -0.39 is 0 Å². The molecule has 0 bridgehead atoms. The highest BCUT2D eigenvalue weighted by atomic mass is 79.9. The highest BCUT2D eigenvalue weighted by Crippen LogP contribution is 2.15. The van der Waals surface area contributed by atoms with Crippen LogP contribution < -0.4 is 5.43 Å². The Morgan fingerprint density at radius 2 is 2.21 bits per heavy atom. The molecule has 100 valence electrons. The molecule has 1 amide bonds. The number of H-pyrrole nitrogens is 1. The third kappa shape index (κ3) is 3.14. The summed E-state index contributed by atoms with van der Waals surface area (Å²) in [7, 11) is 1.62. The summed E-state index contributed by atoms with van der Waals surface area (Å²) in [5.74, 6) is 0.306. The minimum atomic E-state index is -0.339. The van der Waals surface area contributed by atoms with Crippen LogP contribution in [0.25, 0.3) is 0 Å². The number of pyridine rings is 1. The molecule has 0 aliphatic heterocycles. The van der Waals surface area contributed by atoms with E-state index in [0.29, 0.717) is 17.0 Å². The van der Waals surface area contributed by atoms with Gasteiger partial charge in [0.1, 0.15) is 11.3 Å². The quantitative estimate of drug-likeness (QED) is 0.942. The molecule has 5 nitrogen and oxygen atoms in total. The normalized spacial score (nSPS) is 10.5. The van der Waals surface area contributed by atoms with Crippen LogP contribution in [0.3, 0.4) is 0 Å². The Bertz CT molecular complexity index is 660. The second kappa shape index (κ2) is 5.44. The van der Waals surface area contributed by atoms with Crippen molar-refractivity contribution in [2.24, 2.45) is 0 Å². The van der Waals surface area contributed by atoms with Gasteiger partial charge in [-0.15, -0.1) is 0 Å². The second-order valence-electron chi connectivity index (χ2n) is 4.26. The Kier molecular flexibility index (Phi) is 3.90. The number of rotatable bonds is 3. The monoisotopic (exact) mass is 324 g/mol. The van der Waals surface area contributed by atoms with E-state index in [-0.39, 0.29) is 16.9 Å². The van der Waals surface area contributed by atoms with Crippen LogP contribution in [0.4, 0.5) is 0 Å². The fourth-order valence-electron chi connectivity index (χ4n) is 1.69. The van der Waals surface area contributed by atoms with Crippen LogP contribution in [-0.4, -0.2) is 22.8 Å². The number of halogens is 1. The molecule has 0 fully saturated rings. The summed E-state index contributed by atoms with van der Waals surface area (Å²) >= 11 is 3.20. The molecule has 2 aromatic rings. The van der Waals surface area contributed by atoms with Crippen LogP contribution in [0.1, 0.15) is 21.8 Å².